The largest absolute Gasteiger partial charge is 0.422 e. The summed E-state index contributed by atoms with van der Waals surface area (Å²) in [5.74, 6) is 0. The zero-order valence-corrected chi connectivity index (χ0v) is 16.9. The first-order chi connectivity index (χ1) is 14.4. The molecule has 0 amide bonds. The van der Waals surface area contributed by atoms with Crippen molar-refractivity contribution in [2.75, 3.05) is 50.8 Å². The van der Waals surface area contributed by atoms with Crippen LogP contribution in [0.5, 0.6) is 0 Å². The molecule has 0 unspecified atom stereocenters. The number of benzene rings is 1. The van der Waals surface area contributed by atoms with Crippen LogP contribution in [-0.4, -0.2) is 45.9 Å². The van der Waals surface area contributed by atoms with Gasteiger partial charge in [0.05, 0.1) is 30.9 Å². The van der Waals surface area contributed by atoms with Gasteiger partial charge in [-0.1, -0.05) is 0 Å². The van der Waals surface area contributed by atoms with Crippen LogP contribution in [-0.2, 0) is 30.2 Å². The lowest BCUT2D eigenvalue weighted by atomic mass is 9.88. The third-order valence-corrected chi connectivity index (χ3v) is 6.70. The van der Waals surface area contributed by atoms with Crippen LogP contribution in [0.3, 0.4) is 0 Å². The summed E-state index contributed by atoms with van der Waals surface area (Å²) in [4.78, 5) is 16.2. The molecule has 8 heteroatoms. The van der Waals surface area contributed by atoms with Crippen LogP contribution < -0.4 is 15.4 Å². The van der Waals surface area contributed by atoms with Crippen LogP contribution in [0.25, 0.3) is 11.0 Å². The Morgan fingerprint density at radius 1 is 1.10 bits per heavy atom. The number of anilines is 1. The summed E-state index contributed by atoms with van der Waals surface area (Å²) < 4.78 is 53.7. The summed E-state index contributed by atoms with van der Waals surface area (Å²) in [6.07, 6.45) is -1.34. The smallest absolute Gasteiger partial charge is 0.417 e. The van der Waals surface area contributed by atoms with Crippen molar-refractivity contribution in [3.63, 3.8) is 0 Å². The summed E-state index contributed by atoms with van der Waals surface area (Å²) in [5, 5.41) is 0.0616. The van der Waals surface area contributed by atoms with Gasteiger partial charge in [-0.3, -0.25) is 0 Å². The molecule has 3 aliphatic rings. The van der Waals surface area contributed by atoms with Crippen molar-refractivity contribution in [2.45, 2.75) is 38.3 Å². The molecule has 162 valence electrons. The molecule has 30 heavy (non-hydrogen) atoms. The molecule has 1 N–H and O–H groups in total. The second-order valence-corrected chi connectivity index (χ2v) is 8.54. The standard InChI is InChI=1S/C22H25F3N2O3/c23-22(24,25)18-15(5-8-26-9-11-29-12-10-26)21(28)30-20-16-4-2-7-27-6-1-3-14(19(16)27)13-17(18)20/h13H,1-12H2/p+1. The second kappa shape index (κ2) is 7.57. The number of ether oxygens (including phenoxy) is 1. The maximum Gasteiger partial charge on any atom is 0.417 e. The topological polar surface area (TPSA) is 47.1 Å². The highest BCUT2D eigenvalue weighted by Gasteiger charge is 2.39. The highest BCUT2D eigenvalue weighted by atomic mass is 19.4. The van der Waals surface area contributed by atoms with Gasteiger partial charge in [-0.2, -0.15) is 13.2 Å². The molecule has 4 heterocycles. The lowest BCUT2D eigenvalue weighted by Crippen LogP contribution is -3.14. The van der Waals surface area contributed by atoms with Gasteiger partial charge in [0.25, 0.3) is 0 Å². The van der Waals surface area contributed by atoms with Crippen LogP contribution in [0.4, 0.5) is 18.9 Å². The van der Waals surface area contributed by atoms with E-state index in [1.165, 1.54) is 0 Å². The second-order valence-electron chi connectivity index (χ2n) is 8.54. The number of aryl methyl sites for hydroxylation is 2. The molecule has 0 spiro atoms. The maximum atomic E-state index is 14.3. The molecule has 5 nitrogen and oxygen atoms in total. The molecule has 0 bridgehead atoms. The van der Waals surface area contributed by atoms with Gasteiger partial charge in [-0.15, -0.1) is 0 Å². The van der Waals surface area contributed by atoms with Gasteiger partial charge in [-0.25, -0.2) is 4.79 Å². The fraction of sp³-hybridized carbons (Fsp3) is 0.591. The van der Waals surface area contributed by atoms with Gasteiger partial charge >= 0.3 is 11.8 Å². The summed E-state index contributed by atoms with van der Waals surface area (Å²) in [6.45, 7) is 4.96. The molecule has 2 aromatic rings. The SMILES string of the molecule is O=c1oc2c3c4c(cc2c(C(F)(F)F)c1CC[NH+]1CCOCC1)CCCN4CCC3. The average molecular weight is 423 g/mol. The summed E-state index contributed by atoms with van der Waals surface area (Å²) in [5.41, 5.74) is 1.01. The Kier molecular flexibility index (Phi) is 5.01. The van der Waals surface area contributed by atoms with Crippen molar-refractivity contribution in [1.29, 1.82) is 0 Å². The number of hydrogen-bond donors (Lipinski definition) is 1. The van der Waals surface area contributed by atoms with E-state index in [2.05, 4.69) is 4.90 Å². The minimum atomic E-state index is -4.60. The Bertz CT molecular complexity index is 1020. The number of rotatable bonds is 3. The van der Waals surface area contributed by atoms with Crippen LogP contribution >= 0.6 is 0 Å². The molecule has 1 fully saturated rings. The minimum Gasteiger partial charge on any atom is -0.422 e. The molecule has 1 aromatic heterocycles. The first-order valence-electron chi connectivity index (χ1n) is 10.8. The van der Waals surface area contributed by atoms with E-state index in [4.69, 9.17) is 9.15 Å². The van der Waals surface area contributed by atoms with Crippen molar-refractivity contribution < 1.29 is 27.2 Å². The predicted molar refractivity (Wildman–Crippen MR) is 106 cm³/mol. The van der Waals surface area contributed by atoms with Gasteiger partial charge in [0, 0.05) is 36.1 Å². The van der Waals surface area contributed by atoms with E-state index >= 15 is 0 Å². The highest BCUT2D eigenvalue weighted by molar-refractivity contribution is 5.91. The van der Waals surface area contributed by atoms with E-state index in [9.17, 15) is 18.0 Å². The predicted octanol–water partition coefficient (Wildman–Crippen LogP) is 1.97. The van der Waals surface area contributed by atoms with E-state index in [1.54, 1.807) is 6.07 Å². The fourth-order valence-electron chi connectivity index (χ4n) is 5.31. The van der Waals surface area contributed by atoms with Crippen LogP contribution in [0.1, 0.15) is 35.1 Å². The molecule has 0 radical (unpaired) electrons. The van der Waals surface area contributed by atoms with Gasteiger partial charge < -0.3 is 19.0 Å². The van der Waals surface area contributed by atoms with Crippen LogP contribution in [0.15, 0.2) is 15.3 Å². The average Bonchev–Trinajstić information content (AvgIpc) is 2.73. The quantitative estimate of drug-likeness (QED) is 0.767. The number of morpholine rings is 1. The molecule has 0 aliphatic carbocycles. The summed E-state index contributed by atoms with van der Waals surface area (Å²) in [6, 6.07) is 1.64. The molecular formula is C22H26F3N2O3+. The van der Waals surface area contributed by atoms with Gasteiger partial charge in [0.15, 0.2) is 0 Å². The number of quaternary nitrogens is 1. The lowest BCUT2D eigenvalue weighted by molar-refractivity contribution is -0.907. The van der Waals surface area contributed by atoms with Crippen molar-refractivity contribution >= 4 is 16.7 Å². The van der Waals surface area contributed by atoms with E-state index < -0.39 is 17.4 Å². The van der Waals surface area contributed by atoms with Crippen molar-refractivity contribution in [1.82, 2.24) is 0 Å². The zero-order chi connectivity index (χ0) is 20.9. The minimum absolute atomic E-state index is 0.0565. The molecular weight excluding hydrogens is 397 g/mol. The first-order valence-corrected chi connectivity index (χ1v) is 10.8. The molecule has 5 rings (SSSR count). The van der Waals surface area contributed by atoms with E-state index in [0.717, 1.165) is 67.2 Å². The van der Waals surface area contributed by atoms with Gasteiger partial charge in [0.1, 0.15) is 18.7 Å². The Balaban J connectivity index is 1.66. The fourth-order valence-corrected chi connectivity index (χ4v) is 5.31. The van der Waals surface area contributed by atoms with Crippen molar-refractivity contribution in [3.05, 3.63) is 38.7 Å². The third kappa shape index (κ3) is 3.39. The Morgan fingerprint density at radius 2 is 1.83 bits per heavy atom. The first kappa shape index (κ1) is 19.9. The highest BCUT2D eigenvalue weighted by Crippen LogP contribution is 2.44. The molecule has 1 aromatic carbocycles. The monoisotopic (exact) mass is 423 g/mol. The summed E-state index contributed by atoms with van der Waals surface area (Å²) >= 11 is 0. The Morgan fingerprint density at radius 3 is 2.57 bits per heavy atom. The van der Waals surface area contributed by atoms with Crippen LogP contribution in [0, 0.1) is 0 Å². The molecule has 0 atom stereocenters. The molecule has 3 aliphatic heterocycles. The molecule has 1 saturated heterocycles. The van der Waals surface area contributed by atoms with E-state index in [-0.39, 0.29) is 23.0 Å². The number of nitrogens with one attached hydrogen (secondary N) is 1. The zero-order valence-electron chi connectivity index (χ0n) is 16.9. The van der Waals surface area contributed by atoms with E-state index in [1.807, 2.05) is 0 Å². The van der Waals surface area contributed by atoms with Crippen molar-refractivity contribution in [2.24, 2.45) is 0 Å². The van der Waals surface area contributed by atoms with E-state index in [0.29, 0.717) is 26.2 Å². The number of hydrogen-bond acceptors (Lipinski definition) is 4. The normalized spacial score (nSPS) is 19.9. The third-order valence-electron chi connectivity index (χ3n) is 6.70. The summed E-state index contributed by atoms with van der Waals surface area (Å²) in [7, 11) is 0. The van der Waals surface area contributed by atoms with Gasteiger partial charge in [-0.05, 0) is 37.3 Å². The number of fused-ring (bicyclic) bond motifs is 2. The Labute approximate surface area is 172 Å². The van der Waals surface area contributed by atoms with Crippen molar-refractivity contribution in [3.8, 4) is 0 Å². The Hall–Kier alpha value is -2.06. The number of alkyl halides is 3. The maximum absolute atomic E-state index is 14.3. The van der Waals surface area contributed by atoms with Gasteiger partial charge in [0.2, 0.25) is 0 Å². The van der Waals surface area contributed by atoms with Crippen LogP contribution in [0.2, 0.25) is 0 Å². The lowest BCUT2D eigenvalue weighted by Gasteiger charge is -2.37. The number of nitrogens with zero attached hydrogens (tertiary/aromatic N) is 1. The molecule has 0 saturated carbocycles. The number of halogens is 3.